The minimum atomic E-state index is -0.668. The van der Waals surface area contributed by atoms with Gasteiger partial charge in [0.1, 0.15) is 17.7 Å². The van der Waals surface area contributed by atoms with Crippen molar-refractivity contribution in [2.75, 3.05) is 13.1 Å². The van der Waals surface area contributed by atoms with E-state index in [-0.39, 0.29) is 5.56 Å². The minimum Gasteiger partial charge on any atom is -0.285 e. The maximum atomic E-state index is 13.5. The molecule has 1 aromatic rings. The van der Waals surface area contributed by atoms with Crippen LogP contribution in [0.15, 0.2) is 18.2 Å². The third-order valence-electron chi connectivity index (χ3n) is 2.56. The van der Waals surface area contributed by atoms with Crippen LogP contribution >= 0.6 is 0 Å². The molecule has 0 N–H and O–H groups in total. The number of rotatable bonds is 4. The van der Waals surface area contributed by atoms with E-state index in [1.54, 1.807) is 0 Å². The largest absolute Gasteiger partial charge is 0.285 e. The Balaban J connectivity index is 3.09. The van der Waals surface area contributed by atoms with Crippen LogP contribution in [0, 0.1) is 23.0 Å². The van der Waals surface area contributed by atoms with Crippen LogP contribution in [0.2, 0.25) is 0 Å². The molecule has 0 aliphatic carbocycles. The van der Waals surface area contributed by atoms with Gasteiger partial charge in [0.2, 0.25) is 0 Å². The number of nitriles is 1. The summed E-state index contributed by atoms with van der Waals surface area (Å²) in [6.45, 7) is 5.08. The number of halogens is 2. The lowest BCUT2D eigenvalue weighted by atomic mass is 10.1. The lowest BCUT2D eigenvalue weighted by molar-refractivity contribution is 0.257. The van der Waals surface area contributed by atoms with Crippen LogP contribution in [0.25, 0.3) is 0 Å². The van der Waals surface area contributed by atoms with Gasteiger partial charge in [0, 0.05) is 11.6 Å². The SMILES string of the molecule is CCN(CC)C(C#N)c1ccc(F)cc1F. The molecule has 2 nitrogen and oxygen atoms in total. The van der Waals surface area contributed by atoms with E-state index in [4.69, 9.17) is 5.26 Å². The van der Waals surface area contributed by atoms with E-state index < -0.39 is 17.7 Å². The standard InChI is InChI=1S/C12H14F2N2/c1-3-16(4-2)12(8-15)10-6-5-9(13)7-11(10)14/h5-7,12H,3-4H2,1-2H3. The molecule has 0 bridgehead atoms. The van der Waals surface area contributed by atoms with Crippen LogP contribution in [0.5, 0.6) is 0 Å². The van der Waals surface area contributed by atoms with Crippen LogP contribution in [0.3, 0.4) is 0 Å². The molecule has 1 unspecified atom stereocenters. The van der Waals surface area contributed by atoms with Crippen molar-refractivity contribution >= 4 is 0 Å². The highest BCUT2D eigenvalue weighted by Gasteiger charge is 2.20. The first-order chi connectivity index (χ1) is 7.63. The number of hydrogen-bond acceptors (Lipinski definition) is 2. The lowest BCUT2D eigenvalue weighted by Crippen LogP contribution is -2.28. The van der Waals surface area contributed by atoms with Gasteiger partial charge >= 0.3 is 0 Å². The molecular weight excluding hydrogens is 210 g/mol. The first-order valence-corrected chi connectivity index (χ1v) is 5.22. The summed E-state index contributed by atoms with van der Waals surface area (Å²) in [5, 5.41) is 9.05. The van der Waals surface area contributed by atoms with Gasteiger partial charge in [-0.2, -0.15) is 5.26 Å². The molecular formula is C12H14F2N2. The number of hydrogen-bond donors (Lipinski definition) is 0. The first kappa shape index (κ1) is 12.6. The van der Waals surface area contributed by atoms with Crippen molar-refractivity contribution in [2.24, 2.45) is 0 Å². The smallest absolute Gasteiger partial charge is 0.131 e. The average molecular weight is 224 g/mol. The molecule has 0 aliphatic heterocycles. The Morgan fingerprint density at radius 3 is 2.38 bits per heavy atom. The van der Waals surface area contributed by atoms with Crippen molar-refractivity contribution in [1.82, 2.24) is 4.90 Å². The Kier molecular flexibility index (Phi) is 4.39. The first-order valence-electron chi connectivity index (χ1n) is 5.22. The summed E-state index contributed by atoms with van der Waals surface area (Å²) in [5.41, 5.74) is 0.229. The van der Waals surface area contributed by atoms with Crippen molar-refractivity contribution in [2.45, 2.75) is 19.9 Å². The predicted molar refractivity (Wildman–Crippen MR) is 57.6 cm³/mol. The van der Waals surface area contributed by atoms with Crippen LogP contribution in [0.1, 0.15) is 25.5 Å². The van der Waals surface area contributed by atoms with Gasteiger partial charge in [-0.15, -0.1) is 0 Å². The summed E-state index contributed by atoms with van der Waals surface area (Å²) in [6, 6.07) is 4.70. The third-order valence-corrected chi connectivity index (χ3v) is 2.56. The molecule has 4 heteroatoms. The summed E-state index contributed by atoms with van der Waals surface area (Å²) in [4.78, 5) is 1.82. The van der Waals surface area contributed by atoms with E-state index >= 15 is 0 Å². The molecule has 0 spiro atoms. The summed E-state index contributed by atoms with van der Waals surface area (Å²) < 4.78 is 26.2. The Morgan fingerprint density at radius 1 is 1.31 bits per heavy atom. The Bertz CT molecular complexity index is 394. The molecule has 86 valence electrons. The van der Waals surface area contributed by atoms with Crippen molar-refractivity contribution in [3.8, 4) is 6.07 Å². The zero-order valence-corrected chi connectivity index (χ0v) is 9.37. The monoisotopic (exact) mass is 224 g/mol. The zero-order valence-electron chi connectivity index (χ0n) is 9.37. The van der Waals surface area contributed by atoms with Gasteiger partial charge in [-0.3, -0.25) is 4.90 Å². The molecule has 0 saturated carbocycles. The average Bonchev–Trinajstić information content (AvgIpc) is 2.27. The Hall–Kier alpha value is -1.47. The van der Waals surface area contributed by atoms with Crippen LogP contribution in [-0.4, -0.2) is 18.0 Å². The van der Waals surface area contributed by atoms with E-state index in [0.29, 0.717) is 13.1 Å². The van der Waals surface area contributed by atoms with Gasteiger partial charge in [0.15, 0.2) is 0 Å². The quantitative estimate of drug-likeness (QED) is 0.786. The Labute approximate surface area is 94.1 Å². The second-order valence-electron chi connectivity index (χ2n) is 3.42. The minimum absolute atomic E-state index is 0.229. The van der Waals surface area contributed by atoms with E-state index in [1.807, 2.05) is 24.8 Å². The predicted octanol–water partition coefficient (Wildman–Crippen LogP) is 2.87. The lowest BCUT2D eigenvalue weighted by Gasteiger charge is -2.24. The molecule has 0 fully saturated rings. The number of benzene rings is 1. The van der Waals surface area contributed by atoms with Gasteiger partial charge < -0.3 is 0 Å². The molecule has 16 heavy (non-hydrogen) atoms. The highest BCUT2D eigenvalue weighted by atomic mass is 19.1. The normalized spacial score (nSPS) is 12.5. The van der Waals surface area contributed by atoms with E-state index in [0.717, 1.165) is 6.07 Å². The molecule has 0 saturated heterocycles. The van der Waals surface area contributed by atoms with Gasteiger partial charge in [-0.05, 0) is 19.2 Å². The van der Waals surface area contributed by atoms with E-state index in [9.17, 15) is 8.78 Å². The van der Waals surface area contributed by atoms with Crippen LogP contribution in [-0.2, 0) is 0 Å². The maximum absolute atomic E-state index is 13.5. The fourth-order valence-corrected chi connectivity index (χ4v) is 1.66. The van der Waals surface area contributed by atoms with Crippen molar-refractivity contribution in [3.05, 3.63) is 35.4 Å². The van der Waals surface area contributed by atoms with Crippen LogP contribution in [0.4, 0.5) is 8.78 Å². The molecule has 0 amide bonds. The summed E-state index contributed by atoms with van der Waals surface area (Å²) >= 11 is 0. The van der Waals surface area contributed by atoms with Crippen molar-refractivity contribution in [3.63, 3.8) is 0 Å². The third kappa shape index (κ3) is 2.56. The second-order valence-corrected chi connectivity index (χ2v) is 3.42. The van der Waals surface area contributed by atoms with Gasteiger partial charge in [0.05, 0.1) is 6.07 Å². The summed E-state index contributed by atoms with van der Waals surface area (Å²) in [7, 11) is 0. The fourth-order valence-electron chi connectivity index (χ4n) is 1.66. The summed E-state index contributed by atoms with van der Waals surface area (Å²) in [5.74, 6) is -1.30. The Morgan fingerprint density at radius 2 is 1.94 bits per heavy atom. The molecule has 0 aromatic heterocycles. The molecule has 1 atom stereocenters. The topological polar surface area (TPSA) is 27.0 Å². The van der Waals surface area contributed by atoms with Gasteiger partial charge in [0.25, 0.3) is 0 Å². The zero-order chi connectivity index (χ0) is 12.1. The number of nitrogens with zero attached hydrogens (tertiary/aromatic N) is 2. The van der Waals surface area contributed by atoms with Gasteiger partial charge in [-0.25, -0.2) is 8.78 Å². The van der Waals surface area contributed by atoms with E-state index in [1.165, 1.54) is 12.1 Å². The highest BCUT2D eigenvalue weighted by Crippen LogP contribution is 2.23. The molecule has 1 rings (SSSR count). The molecule has 1 aromatic carbocycles. The maximum Gasteiger partial charge on any atom is 0.131 e. The van der Waals surface area contributed by atoms with E-state index in [2.05, 4.69) is 0 Å². The van der Waals surface area contributed by atoms with Crippen molar-refractivity contribution < 1.29 is 8.78 Å². The molecule has 0 radical (unpaired) electrons. The molecule has 0 aliphatic rings. The van der Waals surface area contributed by atoms with Crippen LogP contribution < -0.4 is 0 Å². The highest BCUT2D eigenvalue weighted by molar-refractivity contribution is 5.26. The molecule has 0 heterocycles. The fraction of sp³-hybridized carbons (Fsp3) is 0.417. The van der Waals surface area contributed by atoms with Gasteiger partial charge in [-0.1, -0.05) is 19.9 Å². The summed E-state index contributed by atoms with van der Waals surface area (Å²) in [6.07, 6.45) is 0. The second kappa shape index (κ2) is 5.57. The van der Waals surface area contributed by atoms with Crippen molar-refractivity contribution in [1.29, 1.82) is 5.26 Å².